The molecule has 0 saturated heterocycles. The van der Waals surface area contributed by atoms with Crippen molar-refractivity contribution in [1.29, 1.82) is 0 Å². The van der Waals surface area contributed by atoms with Crippen LogP contribution in [-0.4, -0.2) is 11.9 Å². The molecule has 2 aromatic carbocycles. The summed E-state index contributed by atoms with van der Waals surface area (Å²) in [6.45, 7) is 2.01. The highest BCUT2D eigenvalue weighted by Crippen LogP contribution is 2.47. The van der Waals surface area contributed by atoms with E-state index in [4.69, 9.17) is 11.6 Å². The molecule has 0 spiro atoms. The number of anilines is 1. The van der Waals surface area contributed by atoms with Gasteiger partial charge in [0.15, 0.2) is 0 Å². The Morgan fingerprint density at radius 3 is 2.52 bits per heavy atom. The van der Waals surface area contributed by atoms with Crippen LogP contribution < -0.4 is 16.2 Å². The molecule has 7 heteroatoms. The van der Waals surface area contributed by atoms with Gasteiger partial charge in [-0.1, -0.05) is 41.4 Å². The monoisotopic (exact) mass is 361 g/mol. The lowest BCUT2D eigenvalue weighted by Crippen LogP contribution is -2.44. The number of urea groups is 1. The van der Waals surface area contributed by atoms with E-state index in [1.807, 2.05) is 31.2 Å². The Morgan fingerprint density at radius 1 is 1.12 bits per heavy atom. The summed E-state index contributed by atoms with van der Waals surface area (Å²) in [7, 11) is 0. The molecule has 0 unspecified atom stereocenters. The second kappa shape index (κ2) is 7.11. The van der Waals surface area contributed by atoms with Crippen LogP contribution in [0.2, 0.25) is 5.02 Å². The number of hydrogen-bond donors (Lipinski definition) is 3. The van der Waals surface area contributed by atoms with E-state index in [0.29, 0.717) is 5.69 Å². The Morgan fingerprint density at radius 2 is 1.84 bits per heavy atom. The summed E-state index contributed by atoms with van der Waals surface area (Å²) < 4.78 is 13.1. The average Bonchev–Trinajstić information content (AvgIpc) is 3.37. The number of carbonyl (C=O) groups excluding carboxylic acids is 2. The average molecular weight is 362 g/mol. The predicted octanol–water partition coefficient (Wildman–Crippen LogP) is 3.74. The Balaban J connectivity index is 1.47. The Labute approximate surface area is 149 Å². The fourth-order valence-electron chi connectivity index (χ4n) is 2.61. The highest BCUT2D eigenvalue weighted by molar-refractivity contribution is 6.31. The maximum absolute atomic E-state index is 13.1. The normalized spacial score (nSPS) is 18.4. The van der Waals surface area contributed by atoms with Crippen molar-refractivity contribution in [2.75, 3.05) is 5.32 Å². The largest absolute Gasteiger partial charge is 0.337 e. The van der Waals surface area contributed by atoms with Gasteiger partial charge in [0.2, 0.25) is 5.91 Å². The van der Waals surface area contributed by atoms with Crippen molar-refractivity contribution in [3.8, 4) is 0 Å². The summed E-state index contributed by atoms with van der Waals surface area (Å²) in [4.78, 5) is 23.9. The van der Waals surface area contributed by atoms with Gasteiger partial charge in [0, 0.05) is 11.6 Å². The van der Waals surface area contributed by atoms with Crippen LogP contribution in [0.4, 0.5) is 14.9 Å². The first kappa shape index (κ1) is 17.2. The second-order valence-electron chi connectivity index (χ2n) is 6.06. The van der Waals surface area contributed by atoms with E-state index in [0.717, 1.165) is 18.1 Å². The summed E-state index contributed by atoms with van der Waals surface area (Å²) in [5, 5.41) is 2.36. The summed E-state index contributed by atoms with van der Waals surface area (Å²) in [5.74, 6) is -0.778. The number of nitrogens with one attached hydrogen (secondary N) is 3. The van der Waals surface area contributed by atoms with Crippen molar-refractivity contribution >= 4 is 29.2 Å². The van der Waals surface area contributed by atoms with Crippen molar-refractivity contribution in [3.05, 3.63) is 64.4 Å². The molecule has 1 fully saturated rings. The first-order valence-corrected chi connectivity index (χ1v) is 8.20. The van der Waals surface area contributed by atoms with Gasteiger partial charge < -0.3 is 5.32 Å². The molecule has 3 N–H and O–H groups in total. The molecule has 1 saturated carbocycles. The number of amides is 3. The predicted molar refractivity (Wildman–Crippen MR) is 93.7 cm³/mol. The highest BCUT2D eigenvalue weighted by Gasteiger charge is 2.44. The smallest absolute Gasteiger partial charge is 0.307 e. The van der Waals surface area contributed by atoms with E-state index in [-0.39, 0.29) is 22.8 Å². The van der Waals surface area contributed by atoms with Crippen LogP contribution in [-0.2, 0) is 4.79 Å². The zero-order valence-corrected chi connectivity index (χ0v) is 14.2. The highest BCUT2D eigenvalue weighted by atomic mass is 35.5. The van der Waals surface area contributed by atoms with Crippen LogP contribution in [0.15, 0.2) is 42.5 Å². The third-order valence-corrected chi connectivity index (χ3v) is 4.40. The first-order chi connectivity index (χ1) is 11.9. The van der Waals surface area contributed by atoms with E-state index < -0.39 is 11.8 Å². The van der Waals surface area contributed by atoms with Crippen LogP contribution in [0, 0.1) is 18.7 Å². The van der Waals surface area contributed by atoms with Crippen molar-refractivity contribution in [3.63, 3.8) is 0 Å². The third kappa shape index (κ3) is 4.28. The first-order valence-electron chi connectivity index (χ1n) is 7.82. The Kier molecular flexibility index (Phi) is 4.90. The quantitative estimate of drug-likeness (QED) is 0.729. The molecule has 0 aliphatic heterocycles. The van der Waals surface area contributed by atoms with Crippen LogP contribution in [0.5, 0.6) is 0 Å². The zero-order valence-electron chi connectivity index (χ0n) is 13.5. The van der Waals surface area contributed by atoms with Crippen LogP contribution in [0.3, 0.4) is 0 Å². The molecular weight excluding hydrogens is 345 g/mol. The molecule has 0 bridgehead atoms. The number of aryl methyl sites for hydroxylation is 1. The van der Waals surface area contributed by atoms with Crippen LogP contribution in [0.1, 0.15) is 23.5 Å². The van der Waals surface area contributed by atoms with Gasteiger partial charge in [0.25, 0.3) is 0 Å². The molecule has 0 heterocycles. The fourth-order valence-corrected chi connectivity index (χ4v) is 2.79. The number of halogens is 2. The maximum Gasteiger partial charge on any atom is 0.337 e. The van der Waals surface area contributed by atoms with Crippen molar-refractivity contribution < 1.29 is 14.0 Å². The van der Waals surface area contributed by atoms with Gasteiger partial charge in [-0.3, -0.25) is 10.2 Å². The molecule has 3 rings (SSSR count). The van der Waals surface area contributed by atoms with Crippen LogP contribution >= 0.6 is 11.6 Å². The summed E-state index contributed by atoms with van der Waals surface area (Å²) in [6.07, 6.45) is 0.756. The van der Waals surface area contributed by atoms with E-state index in [9.17, 15) is 14.0 Å². The molecule has 2 aromatic rings. The lowest BCUT2D eigenvalue weighted by molar-refractivity contribution is -0.123. The van der Waals surface area contributed by atoms with E-state index in [2.05, 4.69) is 16.2 Å². The van der Waals surface area contributed by atoms with Gasteiger partial charge in [-0.15, -0.1) is 0 Å². The third-order valence-electron chi connectivity index (χ3n) is 4.11. The van der Waals surface area contributed by atoms with E-state index in [1.54, 1.807) is 0 Å². The minimum absolute atomic E-state index is 0.0965. The maximum atomic E-state index is 13.1. The van der Waals surface area contributed by atoms with Gasteiger partial charge in [-0.2, -0.15) is 0 Å². The molecule has 1 aliphatic carbocycles. The summed E-state index contributed by atoms with van der Waals surface area (Å²) in [5.41, 5.74) is 7.29. The SMILES string of the molecule is Cc1ccc([C@@H]2C[C@H]2C(=O)NNC(=O)Nc2ccc(F)c(Cl)c2)cc1. The second-order valence-corrected chi connectivity index (χ2v) is 6.46. The molecule has 0 aromatic heterocycles. The number of rotatable bonds is 3. The molecule has 3 amide bonds. The molecule has 130 valence electrons. The van der Waals surface area contributed by atoms with Crippen LogP contribution in [0.25, 0.3) is 0 Å². The Hall–Kier alpha value is -2.60. The lowest BCUT2D eigenvalue weighted by atomic mass is 10.1. The van der Waals surface area contributed by atoms with Gasteiger partial charge in [-0.25, -0.2) is 14.6 Å². The topological polar surface area (TPSA) is 70.2 Å². The number of carbonyl (C=O) groups is 2. The van der Waals surface area contributed by atoms with Gasteiger partial charge in [-0.05, 0) is 43.0 Å². The molecule has 0 radical (unpaired) electrons. The molecule has 5 nitrogen and oxygen atoms in total. The molecule has 1 aliphatic rings. The standard InChI is InChI=1S/C18H17ClFN3O2/c1-10-2-4-11(5-3-10)13-9-14(13)17(24)22-23-18(25)21-12-6-7-16(20)15(19)8-12/h2-8,13-14H,9H2,1H3,(H,22,24)(H2,21,23,25)/t13-,14+/m0/s1. The number of hydrazine groups is 1. The lowest BCUT2D eigenvalue weighted by Gasteiger charge is -2.09. The zero-order chi connectivity index (χ0) is 18.0. The van der Waals surface area contributed by atoms with Gasteiger partial charge in [0.05, 0.1) is 5.02 Å². The van der Waals surface area contributed by atoms with E-state index in [1.165, 1.54) is 17.7 Å². The number of benzene rings is 2. The minimum Gasteiger partial charge on any atom is -0.307 e. The fraction of sp³-hybridized carbons (Fsp3) is 0.222. The van der Waals surface area contributed by atoms with Crippen molar-refractivity contribution in [2.24, 2.45) is 5.92 Å². The van der Waals surface area contributed by atoms with E-state index >= 15 is 0 Å². The number of hydrogen-bond acceptors (Lipinski definition) is 2. The van der Waals surface area contributed by atoms with Crippen molar-refractivity contribution in [1.82, 2.24) is 10.9 Å². The molecule has 25 heavy (non-hydrogen) atoms. The van der Waals surface area contributed by atoms with Gasteiger partial charge in [0.1, 0.15) is 5.82 Å². The summed E-state index contributed by atoms with van der Waals surface area (Å²) >= 11 is 5.64. The van der Waals surface area contributed by atoms with Gasteiger partial charge >= 0.3 is 6.03 Å². The molecule has 2 atom stereocenters. The Bertz CT molecular complexity index is 810. The minimum atomic E-state index is -0.636. The molecular formula is C18H17ClFN3O2. The summed E-state index contributed by atoms with van der Waals surface area (Å²) in [6, 6.07) is 11.2. The van der Waals surface area contributed by atoms with Crippen molar-refractivity contribution in [2.45, 2.75) is 19.3 Å².